The summed E-state index contributed by atoms with van der Waals surface area (Å²) in [5.41, 5.74) is 6.81. The monoisotopic (exact) mass is 437 g/mol. The Morgan fingerprint density at radius 2 is 1.97 bits per heavy atom. The van der Waals surface area contributed by atoms with Crippen molar-refractivity contribution in [2.24, 2.45) is 50.8 Å². The van der Waals surface area contributed by atoms with Crippen LogP contribution in [-0.2, 0) is 9.53 Å². The summed E-state index contributed by atoms with van der Waals surface area (Å²) in [5.74, 6) is 4.84. The third-order valence-corrected chi connectivity index (χ3v) is 10.7. The lowest BCUT2D eigenvalue weighted by Crippen LogP contribution is -2.50. The van der Waals surface area contributed by atoms with Crippen LogP contribution in [0, 0.1) is 40.4 Å². The number of hydrogen-bond donors (Lipinski definition) is 1. The van der Waals surface area contributed by atoms with Crippen LogP contribution in [0.25, 0.3) is 0 Å². The Morgan fingerprint density at radius 1 is 1.12 bits per heavy atom. The summed E-state index contributed by atoms with van der Waals surface area (Å²) in [6.45, 7) is 10.5. The number of ether oxygens (including phenoxy) is 1. The zero-order valence-electron chi connectivity index (χ0n) is 20.2. The summed E-state index contributed by atoms with van der Waals surface area (Å²) in [6, 6.07) is 0.168. The first-order valence-electron chi connectivity index (χ1n) is 13.0. The van der Waals surface area contributed by atoms with Crippen LogP contribution < -0.4 is 5.43 Å². The molecule has 1 N–H and O–H groups in total. The molecular formula is C27H39N3O2. The van der Waals surface area contributed by atoms with Gasteiger partial charge in [0.2, 0.25) is 0 Å². The van der Waals surface area contributed by atoms with E-state index in [1.165, 1.54) is 42.6 Å². The van der Waals surface area contributed by atoms with Crippen molar-refractivity contribution in [1.82, 2.24) is 5.43 Å². The average Bonchev–Trinajstić information content (AvgIpc) is 3.14. The summed E-state index contributed by atoms with van der Waals surface area (Å²) in [6.07, 6.45) is 11.4. The van der Waals surface area contributed by atoms with Crippen LogP contribution in [0.5, 0.6) is 0 Å². The summed E-state index contributed by atoms with van der Waals surface area (Å²) >= 11 is 0. The molecule has 6 rings (SSSR count). The van der Waals surface area contributed by atoms with Crippen molar-refractivity contribution >= 4 is 5.78 Å². The smallest absolute Gasteiger partial charge is 0.155 e. The number of ketones is 1. The van der Waals surface area contributed by atoms with E-state index in [1.807, 2.05) is 6.08 Å². The minimum absolute atomic E-state index is 0.168. The van der Waals surface area contributed by atoms with E-state index in [1.54, 1.807) is 0 Å². The van der Waals surface area contributed by atoms with Crippen molar-refractivity contribution in [2.45, 2.75) is 91.2 Å². The van der Waals surface area contributed by atoms with E-state index >= 15 is 0 Å². The SMILES string of the molecule is CC1=C(C2C[C@@H](C)CN=NN2)O[C@H]2C[C@H]3[C@@H]4CCC5=CC(=O)CC[C@]5(C)[C@H]4CC[C@]3(C)[C@@H]12. The normalized spacial score (nSPS) is 49.8. The lowest BCUT2D eigenvalue weighted by molar-refractivity contribution is -0.117. The highest BCUT2D eigenvalue weighted by Crippen LogP contribution is 2.69. The lowest BCUT2D eigenvalue weighted by Gasteiger charge is -2.58. The fraction of sp³-hybridized carbons (Fsp3) is 0.815. The second kappa shape index (κ2) is 7.17. The molecular weight excluding hydrogens is 398 g/mol. The van der Waals surface area contributed by atoms with Gasteiger partial charge in [-0.25, -0.2) is 0 Å². The van der Waals surface area contributed by atoms with Gasteiger partial charge in [0.25, 0.3) is 0 Å². The van der Waals surface area contributed by atoms with Crippen LogP contribution in [0.1, 0.15) is 79.1 Å². The second-order valence-corrected chi connectivity index (χ2v) is 12.4. The van der Waals surface area contributed by atoms with E-state index in [2.05, 4.69) is 43.5 Å². The van der Waals surface area contributed by atoms with Gasteiger partial charge in [-0.2, -0.15) is 5.11 Å². The maximum atomic E-state index is 12.1. The van der Waals surface area contributed by atoms with Gasteiger partial charge in [-0.15, -0.1) is 0 Å². The van der Waals surface area contributed by atoms with Gasteiger partial charge in [0, 0.05) is 12.3 Å². The summed E-state index contributed by atoms with van der Waals surface area (Å²) in [5, 5.41) is 8.46. The van der Waals surface area contributed by atoms with Crippen LogP contribution in [0.2, 0.25) is 0 Å². The molecule has 174 valence electrons. The largest absolute Gasteiger partial charge is 0.492 e. The molecule has 0 spiro atoms. The third-order valence-electron chi connectivity index (χ3n) is 10.7. The molecule has 0 saturated heterocycles. The number of fused-ring (bicyclic) bond motifs is 7. The van der Waals surface area contributed by atoms with Gasteiger partial charge >= 0.3 is 0 Å². The van der Waals surface area contributed by atoms with Crippen LogP contribution in [-0.4, -0.2) is 24.5 Å². The fourth-order valence-electron chi connectivity index (χ4n) is 9.19. The Kier molecular flexibility index (Phi) is 4.69. The number of hydrogen-bond acceptors (Lipinski definition) is 5. The van der Waals surface area contributed by atoms with Crippen LogP contribution in [0.4, 0.5) is 0 Å². The quantitative estimate of drug-likeness (QED) is 0.565. The Bertz CT molecular complexity index is 922. The van der Waals surface area contributed by atoms with Gasteiger partial charge in [-0.1, -0.05) is 31.6 Å². The summed E-state index contributed by atoms with van der Waals surface area (Å²) in [4.78, 5) is 12.1. The van der Waals surface area contributed by atoms with Crippen LogP contribution in [0.15, 0.2) is 33.3 Å². The molecule has 6 aliphatic rings. The first-order valence-corrected chi connectivity index (χ1v) is 13.0. The predicted octanol–water partition coefficient (Wildman–Crippen LogP) is 5.78. The van der Waals surface area contributed by atoms with Gasteiger partial charge in [-0.3, -0.25) is 10.2 Å². The van der Waals surface area contributed by atoms with Gasteiger partial charge in [-0.05, 0) is 98.0 Å². The van der Waals surface area contributed by atoms with Crippen molar-refractivity contribution in [3.63, 3.8) is 0 Å². The van der Waals surface area contributed by atoms with E-state index in [-0.39, 0.29) is 11.5 Å². The Hall–Kier alpha value is -1.65. The molecule has 1 unspecified atom stereocenters. The minimum atomic E-state index is 0.168. The molecule has 5 nitrogen and oxygen atoms in total. The Labute approximate surface area is 192 Å². The zero-order valence-corrected chi connectivity index (χ0v) is 20.2. The molecule has 5 heteroatoms. The molecule has 0 aromatic carbocycles. The highest BCUT2D eigenvalue weighted by Gasteiger charge is 2.64. The summed E-state index contributed by atoms with van der Waals surface area (Å²) in [7, 11) is 0. The predicted molar refractivity (Wildman–Crippen MR) is 124 cm³/mol. The maximum absolute atomic E-state index is 12.1. The van der Waals surface area contributed by atoms with Crippen molar-refractivity contribution in [3.05, 3.63) is 23.0 Å². The number of nitrogens with one attached hydrogen (secondary N) is 1. The van der Waals surface area contributed by atoms with Crippen LogP contribution >= 0.6 is 0 Å². The zero-order chi connectivity index (χ0) is 22.3. The molecule has 2 heterocycles. The van der Waals surface area contributed by atoms with E-state index < -0.39 is 0 Å². The number of nitrogens with zero attached hydrogens (tertiary/aromatic N) is 2. The molecule has 0 aromatic heterocycles. The van der Waals surface area contributed by atoms with E-state index in [0.717, 1.165) is 50.0 Å². The minimum Gasteiger partial charge on any atom is -0.492 e. The lowest BCUT2D eigenvalue weighted by atomic mass is 9.46. The molecule has 0 bridgehead atoms. The Balaban J connectivity index is 1.29. The molecule has 32 heavy (non-hydrogen) atoms. The van der Waals surface area contributed by atoms with E-state index in [9.17, 15) is 4.79 Å². The molecule has 4 aliphatic carbocycles. The third kappa shape index (κ3) is 2.84. The first kappa shape index (κ1) is 20.9. The van der Waals surface area contributed by atoms with Gasteiger partial charge < -0.3 is 4.74 Å². The number of rotatable bonds is 1. The summed E-state index contributed by atoms with van der Waals surface area (Å²) < 4.78 is 6.78. The van der Waals surface area contributed by atoms with Crippen molar-refractivity contribution < 1.29 is 9.53 Å². The highest BCUT2D eigenvalue weighted by molar-refractivity contribution is 5.91. The van der Waals surface area contributed by atoms with E-state index in [4.69, 9.17) is 4.74 Å². The average molecular weight is 438 g/mol. The van der Waals surface area contributed by atoms with Crippen LogP contribution in [0.3, 0.4) is 0 Å². The van der Waals surface area contributed by atoms with Gasteiger partial charge in [0.1, 0.15) is 17.9 Å². The van der Waals surface area contributed by atoms with Crippen molar-refractivity contribution in [1.29, 1.82) is 0 Å². The molecule has 3 fully saturated rings. The van der Waals surface area contributed by atoms with Crippen molar-refractivity contribution in [2.75, 3.05) is 6.54 Å². The molecule has 0 aromatic rings. The van der Waals surface area contributed by atoms with Crippen molar-refractivity contribution in [3.8, 4) is 0 Å². The first-order chi connectivity index (χ1) is 15.3. The number of carbonyl (C=O) groups excluding carboxylic acids is 1. The highest BCUT2D eigenvalue weighted by atomic mass is 16.5. The van der Waals surface area contributed by atoms with Gasteiger partial charge in [0.15, 0.2) is 5.78 Å². The standard InChI is InChI=1S/C27H39N3O2/c1-15-11-22(29-30-28-14-15)25-16(2)24-23(32-25)13-21-19-6-5-17-12-18(31)7-9-26(17,3)20(19)8-10-27(21,24)4/h12,15,19-24H,5-11,13-14H2,1-4H3,(H,28,29)/t15-,19-,20+,21+,22?,23+,24+,26+,27+/m1/s1. The molecule has 2 aliphatic heterocycles. The maximum Gasteiger partial charge on any atom is 0.155 e. The molecule has 0 amide bonds. The molecule has 0 radical (unpaired) electrons. The van der Waals surface area contributed by atoms with Gasteiger partial charge in [0.05, 0.1) is 6.54 Å². The van der Waals surface area contributed by atoms with E-state index in [0.29, 0.717) is 29.1 Å². The topological polar surface area (TPSA) is 63.1 Å². The number of allylic oxidation sites excluding steroid dienone is 1. The Morgan fingerprint density at radius 3 is 2.81 bits per heavy atom. The molecule has 9 atom stereocenters. The second-order valence-electron chi connectivity index (χ2n) is 12.4. The number of carbonyl (C=O) groups is 1. The fourth-order valence-corrected chi connectivity index (χ4v) is 9.19. The molecule has 3 saturated carbocycles.